The van der Waals surface area contributed by atoms with Crippen molar-refractivity contribution in [3.8, 4) is 11.9 Å². The number of halogens is 4. The number of alkyl halides is 3. The number of hydrogen-bond donors (Lipinski definition) is 2. The first-order chi connectivity index (χ1) is 14.7. The summed E-state index contributed by atoms with van der Waals surface area (Å²) in [7, 11) is 1.32. The highest BCUT2D eigenvalue weighted by atomic mass is 19.4. The van der Waals surface area contributed by atoms with Gasteiger partial charge in [0, 0.05) is 11.8 Å². The van der Waals surface area contributed by atoms with E-state index in [2.05, 4.69) is 20.6 Å². The number of urea groups is 1. The zero-order valence-corrected chi connectivity index (χ0v) is 15.7. The van der Waals surface area contributed by atoms with Crippen LogP contribution in [0.4, 0.5) is 33.7 Å². The number of nitriles is 1. The van der Waals surface area contributed by atoms with Gasteiger partial charge in [0.1, 0.15) is 17.6 Å². The summed E-state index contributed by atoms with van der Waals surface area (Å²) in [5, 5.41) is 24.2. The molecule has 0 radical (unpaired) electrons. The van der Waals surface area contributed by atoms with Gasteiger partial charge in [0.15, 0.2) is 0 Å². The summed E-state index contributed by atoms with van der Waals surface area (Å²) >= 11 is 0. The number of carbonyl (C=O) groups is 1. The third-order valence-electron chi connectivity index (χ3n) is 3.98. The molecular formula is C18H13F4N7O2. The molecule has 9 nitrogen and oxygen atoms in total. The fourth-order valence-corrected chi connectivity index (χ4v) is 2.50. The second-order valence-corrected chi connectivity index (χ2v) is 6.05. The molecule has 0 saturated carbocycles. The molecule has 0 saturated heterocycles. The lowest BCUT2D eigenvalue weighted by atomic mass is 10.2. The van der Waals surface area contributed by atoms with Gasteiger partial charge in [-0.15, -0.1) is 5.10 Å². The van der Waals surface area contributed by atoms with Crippen LogP contribution < -0.4 is 15.0 Å². The Kier molecular flexibility index (Phi) is 6.00. The quantitative estimate of drug-likeness (QED) is 0.592. The van der Waals surface area contributed by atoms with E-state index < -0.39 is 23.7 Å². The minimum atomic E-state index is -4.64. The number of methoxy groups -OCH3 is 1. The average molecular weight is 435 g/mol. The number of anilines is 2. The fourth-order valence-electron chi connectivity index (χ4n) is 2.50. The van der Waals surface area contributed by atoms with E-state index in [4.69, 9.17) is 10.00 Å². The Morgan fingerprint density at radius 1 is 1.32 bits per heavy atom. The smallest absolute Gasteiger partial charge is 0.432 e. The number of aromatic nitrogens is 4. The molecule has 0 aliphatic heterocycles. The maximum Gasteiger partial charge on any atom is 0.432 e. The van der Waals surface area contributed by atoms with Crippen molar-refractivity contribution in [3.63, 3.8) is 0 Å². The first kappa shape index (κ1) is 21.5. The highest BCUT2D eigenvalue weighted by Crippen LogP contribution is 2.28. The molecule has 0 atom stereocenters. The molecule has 2 heterocycles. The van der Waals surface area contributed by atoms with Gasteiger partial charge in [-0.1, -0.05) is 0 Å². The Morgan fingerprint density at radius 2 is 2.10 bits per heavy atom. The molecule has 2 N–H and O–H groups in total. The van der Waals surface area contributed by atoms with Gasteiger partial charge in [-0.3, -0.25) is 10.00 Å². The lowest BCUT2D eigenvalue weighted by molar-refractivity contribution is -0.141. The van der Waals surface area contributed by atoms with Crippen molar-refractivity contribution >= 4 is 17.4 Å². The summed E-state index contributed by atoms with van der Waals surface area (Å²) in [5.74, 6) is -0.710. The molecule has 0 unspecified atom stereocenters. The lowest BCUT2D eigenvalue weighted by Crippen LogP contribution is -2.35. The van der Waals surface area contributed by atoms with Gasteiger partial charge >= 0.3 is 12.2 Å². The summed E-state index contributed by atoms with van der Waals surface area (Å²) in [6.07, 6.45) is -3.44. The fraction of sp³-hybridized carbons (Fsp3) is 0.167. The number of ether oxygens (including phenoxy) is 1. The molecule has 3 aromatic rings. The predicted octanol–water partition coefficient (Wildman–Crippen LogP) is 3.48. The van der Waals surface area contributed by atoms with Gasteiger partial charge in [-0.05, 0) is 24.3 Å². The van der Waals surface area contributed by atoms with Crippen LogP contribution in [-0.2, 0) is 12.7 Å². The number of hydrogen-bond acceptors (Lipinski definition) is 6. The number of H-pyrrole nitrogens is 1. The number of carbonyl (C=O) groups excluding carboxylic acids is 1. The highest BCUT2D eigenvalue weighted by molar-refractivity contribution is 6.01. The summed E-state index contributed by atoms with van der Waals surface area (Å²) in [4.78, 5) is 13.9. The minimum absolute atomic E-state index is 0.0573. The number of amides is 2. The van der Waals surface area contributed by atoms with E-state index in [0.29, 0.717) is 0 Å². The van der Waals surface area contributed by atoms with E-state index in [0.717, 1.165) is 23.1 Å². The van der Waals surface area contributed by atoms with E-state index in [-0.39, 0.29) is 35.1 Å². The molecule has 160 valence electrons. The maximum absolute atomic E-state index is 13.5. The zero-order chi connectivity index (χ0) is 22.6. The maximum atomic E-state index is 13.5. The van der Waals surface area contributed by atoms with Gasteiger partial charge in [0.2, 0.25) is 5.88 Å². The highest BCUT2D eigenvalue weighted by Gasteiger charge is 2.33. The van der Waals surface area contributed by atoms with Crippen LogP contribution in [-0.4, -0.2) is 33.5 Å². The van der Waals surface area contributed by atoms with Crippen molar-refractivity contribution in [3.05, 3.63) is 59.3 Å². The second-order valence-electron chi connectivity index (χ2n) is 6.05. The molecule has 0 aliphatic carbocycles. The van der Waals surface area contributed by atoms with Crippen molar-refractivity contribution < 1.29 is 27.1 Å². The number of nitrogens with zero attached hydrogens (tertiary/aromatic N) is 5. The third-order valence-corrected chi connectivity index (χ3v) is 3.98. The van der Waals surface area contributed by atoms with E-state index in [1.807, 2.05) is 5.10 Å². The molecule has 0 spiro atoms. The van der Waals surface area contributed by atoms with E-state index in [9.17, 15) is 22.4 Å². The van der Waals surface area contributed by atoms with Crippen LogP contribution in [0.5, 0.6) is 5.88 Å². The van der Waals surface area contributed by atoms with Gasteiger partial charge in [0.25, 0.3) is 0 Å². The molecule has 0 bridgehead atoms. The molecular weight excluding hydrogens is 422 g/mol. The average Bonchev–Trinajstić information content (AvgIpc) is 3.22. The molecule has 0 fully saturated rings. The third kappa shape index (κ3) is 5.04. The van der Waals surface area contributed by atoms with Crippen LogP contribution in [0.1, 0.15) is 17.0 Å². The topological polar surface area (TPSA) is 120 Å². The Hall–Kier alpha value is -4.21. The molecule has 2 aromatic heterocycles. The van der Waals surface area contributed by atoms with E-state index in [1.54, 1.807) is 6.07 Å². The van der Waals surface area contributed by atoms with Gasteiger partial charge in [-0.2, -0.15) is 28.6 Å². The van der Waals surface area contributed by atoms with Crippen molar-refractivity contribution in [2.45, 2.75) is 12.7 Å². The van der Waals surface area contributed by atoms with Crippen molar-refractivity contribution in [1.29, 1.82) is 5.26 Å². The Morgan fingerprint density at radius 3 is 2.74 bits per heavy atom. The van der Waals surface area contributed by atoms with Gasteiger partial charge in [0.05, 0.1) is 36.8 Å². The second kappa shape index (κ2) is 8.66. The summed E-state index contributed by atoms with van der Waals surface area (Å²) < 4.78 is 57.1. The largest absolute Gasteiger partial charge is 0.480 e. The molecule has 1 aromatic carbocycles. The van der Waals surface area contributed by atoms with Crippen LogP contribution in [0.25, 0.3) is 0 Å². The van der Waals surface area contributed by atoms with Crippen molar-refractivity contribution in [2.24, 2.45) is 0 Å². The lowest BCUT2D eigenvalue weighted by Gasteiger charge is -2.22. The number of benzene rings is 1. The molecule has 13 heteroatoms. The standard InChI is InChI=1S/C18H13F4N7O2/c1-31-16-6-13(8-24-28-16)29(9-12-5-15(27-26-12)18(20,21)22)17(30)25-11-2-3-14(19)10(4-11)7-23/h2-6,8H,9H2,1H3,(H,25,30)(H,26,27). The minimum Gasteiger partial charge on any atom is -0.480 e. The molecule has 2 amide bonds. The Labute approximate surface area is 172 Å². The van der Waals surface area contributed by atoms with Crippen LogP contribution in [0.2, 0.25) is 0 Å². The Bertz CT molecular complexity index is 1140. The molecule has 31 heavy (non-hydrogen) atoms. The normalized spacial score (nSPS) is 11.0. The summed E-state index contributed by atoms with van der Waals surface area (Å²) in [6, 6.07) is 6.29. The number of rotatable bonds is 5. The summed E-state index contributed by atoms with van der Waals surface area (Å²) in [5.41, 5.74) is -1.22. The van der Waals surface area contributed by atoms with Gasteiger partial charge in [-0.25, -0.2) is 9.18 Å². The molecule has 3 rings (SSSR count). The van der Waals surface area contributed by atoms with Gasteiger partial charge < -0.3 is 10.1 Å². The first-order valence-corrected chi connectivity index (χ1v) is 8.47. The number of aromatic amines is 1. The number of nitrogens with one attached hydrogen (secondary N) is 2. The summed E-state index contributed by atoms with van der Waals surface area (Å²) in [6.45, 7) is -0.375. The van der Waals surface area contributed by atoms with E-state index in [1.165, 1.54) is 25.4 Å². The van der Waals surface area contributed by atoms with Crippen LogP contribution in [0.15, 0.2) is 36.5 Å². The van der Waals surface area contributed by atoms with Crippen molar-refractivity contribution in [2.75, 3.05) is 17.3 Å². The Balaban J connectivity index is 1.92. The van der Waals surface area contributed by atoms with E-state index >= 15 is 0 Å². The van der Waals surface area contributed by atoms with Crippen molar-refractivity contribution in [1.82, 2.24) is 20.4 Å². The van der Waals surface area contributed by atoms with Crippen LogP contribution in [0, 0.1) is 17.1 Å². The first-order valence-electron chi connectivity index (χ1n) is 8.47. The van der Waals surface area contributed by atoms with Crippen LogP contribution in [0.3, 0.4) is 0 Å². The SMILES string of the molecule is COc1cc(N(Cc2cc(C(F)(F)F)[nH]n2)C(=O)Nc2ccc(F)c(C#N)c2)cnn1. The van der Waals surface area contributed by atoms with Crippen LogP contribution >= 0.6 is 0 Å². The monoisotopic (exact) mass is 435 g/mol. The molecule has 0 aliphatic rings. The predicted molar refractivity (Wildman–Crippen MR) is 98.5 cm³/mol. The zero-order valence-electron chi connectivity index (χ0n) is 15.7.